The van der Waals surface area contributed by atoms with Gasteiger partial charge < -0.3 is 75.8 Å². The second-order valence-corrected chi connectivity index (χ2v) is 40.7. The average molecular weight is 2110 g/mol. The van der Waals surface area contributed by atoms with Crippen LogP contribution in [0.1, 0.15) is 397 Å². The van der Waals surface area contributed by atoms with Crippen molar-refractivity contribution < 1.29 is 75.8 Å². The maximum atomic E-state index is 7.93. The minimum atomic E-state index is -0.368. The van der Waals surface area contributed by atoms with E-state index in [9.17, 15) is 0 Å². The van der Waals surface area contributed by atoms with E-state index in [-0.39, 0.29) is 102 Å². The van der Waals surface area contributed by atoms with Crippen LogP contribution in [0.4, 0.5) is 0 Å². The maximum Gasteiger partial charge on any atom is 0.231 e. The molecule has 2 aliphatic carbocycles. The SMILES string of the molecule is CCCCCC1c2cc3c4c(Br)c2OCOc2c1cc1c(c2Br)OCOc2c(cc5c(c2-c2c6c7cc8c2OCOc2c(cc9c(c2Br)OCOc2c(cc%10c(c2Br)OCOc2c(cc(c(c2Br)OCO6)C7CCCCC)C%10CCCCC)C9CCCCC)C8CCCCC)OCOc2c(cc(c(c2Br)OCO4)C3CCCCC)C5CCCCC)C1CCCCC. The molecule has 0 spiro atoms. The molecule has 0 N–H and O–H groups in total. The smallest absolute Gasteiger partial charge is 0.231 e. The lowest BCUT2D eigenvalue weighted by atomic mass is 9.73. The van der Waals surface area contributed by atoms with Crippen molar-refractivity contribution >= 4 is 95.6 Å². The molecule has 0 fully saturated rings. The van der Waals surface area contributed by atoms with E-state index in [1.165, 1.54) is 0 Å². The highest BCUT2D eigenvalue weighted by atomic mass is 79.9. The monoisotopic (exact) mass is 2100 g/mol. The van der Waals surface area contributed by atoms with Gasteiger partial charge in [-0.1, -0.05) is 209 Å². The first kappa shape index (κ1) is 90.0. The third kappa shape index (κ3) is 16.6. The lowest BCUT2D eigenvalue weighted by molar-refractivity contribution is 0.0939. The van der Waals surface area contributed by atoms with Crippen LogP contribution < -0.4 is 75.8 Å². The molecule has 16 nitrogen and oxygen atoms in total. The van der Waals surface area contributed by atoms with Gasteiger partial charge in [0.05, 0.1) is 11.1 Å². The number of unbranched alkanes of at least 4 members (excludes halogenated alkanes) is 16. The number of hydrogen-bond acceptors (Lipinski definition) is 16. The molecule has 8 unspecified atom stereocenters. The first-order valence-electron chi connectivity index (χ1n) is 47.4. The third-order valence-corrected chi connectivity index (χ3v) is 32.6. The van der Waals surface area contributed by atoms with Crippen LogP contribution in [0.5, 0.6) is 92.0 Å². The largest absolute Gasteiger partial charge is 0.456 e. The van der Waals surface area contributed by atoms with E-state index < -0.39 is 0 Å². The summed E-state index contributed by atoms with van der Waals surface area (Å²) < 4.78 is 123. The Morgan fingerprint density at radius 2 is 0.270 bits per heavy atom. The van der Waals surface area contributed by atoms with Crippen molar-refractivity contribution in [1.82, 2.24) is 0 Å². The molecule has 22 heteroatoms. The van der Waals surface area contributed by atoms with E-state index in [1.807, 2.05) is 0 Å². The summed E-state index contributed by atoms with van der Waals surface area (Å²) >= 11 is 25.9. The molecule has 0 saturated carbocycles. The van der Waals surface area contributed by atoms with Crippen LogP contribution in [-0.4, -0.2) is 54.3 Å². The van der Waals surface area contributed by atoms with E-state index in [4.69, 9.17) is 75.8 Å². The van der Waals surface area contributed by atoms with E-state index in [0.29, 0.717) is 103 Å². The molecule has 8 aliphatic heterocycles. The molecule has 126 heavy (non-hydrogen) atoms. The molecule has 0 saturated heterocycles. The fraction of sp³-hybridized carbons (Fsp3) is 0.538. The summed E-state index contributed by atoms with van der Waals surface area (Å²) in [5.41, 5.74) is 18.1. The Labute approximate surface area is 794 Å². The second kappa shape index (κ2) is 40.3. The molecule has 18 rings (SSSR count). The predicted octanol–water partition coefficient (Wildman–Crippen LogP) is 32.1. The molecular weight excluding hydrogens is 1980 g/mol. The minimum Gasteiger partial charge on any atom is -0.456 e. The van der Waals surface area contributed by atoms with Crippen molar-refractivity contribution in [2.45, 2.75) is 308 Å². The summed E-state index contributed by atoms with van der Waals surface area (Å²) in [7, 11) is 0. The number of ether oxygens (including phenoxy) is 16. The summed E-state index contributed by atoms with van der Waals surface area (Å²) in [6.07, 6.45) is 29.9. The Hall–Kier alpha value is -6.56. The van der Waals surface area contributed by atoms with Crippen LogP contribution in [0.15, 0.2) is 75.4 Å². The predicted molar refractivity (Wildman–Crippen MR) is 514 cm³/mol. The van der Waals surface area contributed by atoms with Crippen LogP contribution in [0.3, 0.4) is 0 Å². The Morgan fingerprint density at radius 3 is 0.381 bits per heavy atom. The first-order valence-corrected chi connectivity index (χ1v) is 52.2. The number of benzene rings is 8. The van der Waals surface area contributed by atoms with Crippen molar-refractivity contribution in [3.05, 3.63) is 164 Å². The van der Waals surface area contributed by atoms with Gasteiger partial charge in [-0.15, -0.1) is 0 Å². The topological polar surface area (TPSA) is 148 Å². The van der Waals surface area contributed by atoms with Crippen LogP contribution in [-0.2, 0) is 0 Å². The summed E-state index contributed by atoms with van der Waals surface area (Å²) in [4.78, 5) is 0. The van der Waals surface area contributed by atoms with Gasteiger partial charge in [-0.3, -0.25) is 0 Å². The summed E-state index contributed by atoms with van der Waals surface area (Å²) in [6.45, 7) is 17.2. The Bertz CT molecular complexity index is 4740. The quantitative estimate of drug-likeness (QED) is 0.0359. The van der Waals surface area contributed by atoms with Gasteiger partial charge in [-0.25, -0.2) is 0 Å². The molecule has 8 heterocycles. The average Bonchev–Trinajstić information content (AvgIpc) is 0.705. The van der Waals surface area contributed by atoms with E-state index in [1.54, 1.807) is 0 Å². The van der Waals surface area contributed by atoms with Crippen LogP contribution in [0.2, 0.25) is 0 Å². The number of halogens is 6. The summed E-state index contributed by atoms with van der Waals surface area (Å²) in [5, 5.41) is 0. The van der Waals surface area contributed by atoms with Crippen LogP contribution in [0.25, 0.3) is 11.1 Å². The Balaban J connectivity index is 1.03. The van der Waals surface area contributed by atoms with Crippen molar-refractivity contribution in [2.24, 2.45) is 0 Å². The zero-order valence-corrected chi connectivity index (χ0v) is 83.8. The third-order valence-electron chi connectivity index (χ3n) is 28.3. The van der Waals surface area contributed by atoms with Crippen molar-refractivity contribution in [2.75, 3.05) is 54.3 Å². The van der Waals surface area contributed by atoms with Gasteiger partial charge in [-0.05, 0) is 195 Å². The fourth-order valence-electron chi connectivity index (χ4n) is 22.1. The van der Waals surface area contributed by atoms with Gasteiger partial charge in [0.15, 0.2) is 0 Å². The minimum absolute atomic E-state index is 0.0786. The zero-order valence-electron chi connectivity index (χ0n) is 74.3. The van der Waals surface area contributed by atoms with E-state index >= 15 is 0 Å². The van der Waals surface area contributed by atoms with E-state index in [0.717, 1.165) is 321 Å². The lowest BCUT2D eigenvalue weighted by Gasteiger charge is -2.38. The molecule has 8 aromatic carbocycles. The van der Waals surface area contributed by atoms with Gasteiger partial charge in [0.2, 0.25) is 54.3 Å². The molecule has 10 aliphatic rings. The molecule has 0 radical (unpaired) electrons. The number of rotatable bonds is 33. The first-order chi connectivity index (χ1) is 61.8. The molecule has 674 valence electrons. The van der Waals surface area contributed by atoms with Gasteiger partial charge in [0, 0.05) is 136 Å². The lowest BCUT2D eigenvalue weighted by Crippen LogP contribution is -2.25. The van der Waals surface area contributed by atoms with Crippen LogP contribution >= 0.6 is 95.6 Å². The highest BCUT2D eigenvalue weighted by Crippen LogP contribution is 2.67. The second-order valence-electron chi connectivity index (χ2n) is 36.0. The molecular formula is C104H120Br6O16. The van der Waals surface area contributed by atoms with Gasteiger partial charge in [0.1, 0.15) is 119 Å². The Kier molecular flexibility index (Phi) is 28.8. The molecule has 16 bridgehead atoms. The fourth-order valence-corrected chi connectivity index (χ4v) is 26.2. The van der Waals surface area contributed by atoms with Crippen molar-refractivity contribution in [3.63, 3.8) is 0 Å². The standard InChI is InChI=1S/C104H120Br6O16/c1-9-17-25-33-57-65-41-66-58(34-26-18-10-2)70-44-74-62(38-30-22-14-6)78-47-77-61(37-29-21-13-5)73-43-69(57)93-83(105)97(73)119-53-123-101(77)87(109)102(78)124-54-120-98(74)84(106)94(70)116-50-112-90(66)81(89(65)111-49-115-93)82-91-67-42-68-60(36-28-20-12-4)72-46-76-64(40-32-24-16-8)80-48-79-63(39-31-23-15-7)75-45-71(59(67)35-27-19-11-3)95(117-51-113-91)85(107)99(75)121-55-125-103(79)88(110)104(80)126-56-122-100(76)86(108)96(72)118-52-114-92(68)82/h41-48,57-64H,9-40,49-56H2,1-8H3. The summed E-state index contributed by atoms with van der Waals surface area (Å²) in [5.74, 6) is 8.32. The maximum absolute atomic E-state index is 7.93. The highest BCUT2D eigenvalue weighted by Gasteiger charge is 2.47. The normalized spacial score (nSPS) is 20.0. The van der Waals surface area contributed by atoms with E-state index in [2.05, 4.69) is 200 Å². The van der Waals surface area contributed by atoms with Gasteiger partial charge >= 0.3 is 0 Å². The van der Waals surface area contributed by atoms with Crippen molar-refractivity contribution in [1.29, 1.82) is 0 Å². The molecule has 0 aromatic heterocycles. The molecule has 8 atom stereocenters. The van der Waals surface area contributed by atoms with Crippen LogP contribution in [0, 0.1) is 0 Å². The van der Waals surface area contributed by atoms with Gasteiger partial charge in [0.25, 0.3) is 0 Å². The molecule has 0 amide bonds. The summed E-state index contributed by atoms with van der Waals surface area (Å²) in [6, 6.07) is 19.7. The molecule has 8 aromatic rings. The Morgan fingerprint density at radius 1 is 0.167 bits per heavy atom. The number of hydrogen-bond donors (Lipinski definition) is 0. The zero-order chi connectivity index (χ0) is 87.0. The highest BCUT2D eigenvalue weighted by molar-refractivity contribution is 9.11. The van der Waals surface area contributed by atoms with Crippen molar-refractivity contribution in [3.8, 4) is 103 Å². The van der Waals surface area contributed by atoms with Gasteiger partial charge in [-0.2, -0.15) is 0 Å².